The number of rotatable bonds is 6. The van der Waals surface area contributed by atoms with Crippen molar-refractivity contribution in [1.29, 1.82) is 0 Å². The van der Waals surface area contributed by atoms with Crippen molar-refractivity contribution in [3.05, 3.63) is 22.4 Å². The Morgan fingerprint density at radius 2 is 2.31 bits per heavy atom. The molecule has 0 saturated heterocycles. The van der Waals surface area contributed by atoms with Gasteiger partial charge in [0.1, 0.15) is 5.78 Å². The number of hydrogen-bond donors (Lipinski definition) is 0. The van der Waals surface area contributed by atoms with Crippen LogP contribution in [0.5, 0.6) is 0 Å². The second-order valence-electron chi connectivity index (χ2n) is 3.22. The molecule has 0 radical (unpaired) electrons. The highest BCUT2D eigenvalue weighted by Crippen LogP contribution is 2.12. The molecule has 0 saturated carbocycles. The van der Waals surface area contributed by atoms with E-state index in [0.717, 1.165) is 32.1 Å². The van der Waals surface area contributed by atoms with Crippen molar-refractivity contribution in [1.82, 2.24) is 0 Å². The lowest BCUT2D eigenvalue weighted by atomic mass is 10.1. The van der Waals surface area contributed by atoms with Crippen LogP contribution in [0.2, 0.25) is 0 Å². The molecular formula is C11H16OS. The lowest BCUT2D eigenvalue weighted by molar-refractivity contribution is -0.119. The van der Waals surface area contributed by atoms with E-state index in [2.05, 4.69) is 18.4 Å². The summed E-state index contributed by atoms with van der Waals surface area (Å²) in [5.41, 5.74) is 0. The number of carbonyl (C=O) groups excluding carboxylic acids is 1. The first-order valence-corrected chi connectivity index (χ1v) is 5.75. The molecule has 1 rings (SSSR count). The van der Waals surface area contributed by atoms with Gasteiger partial charge in [0.05, 0.1) is 0 Å². The molecule has 0 atom stereocenters. The fraction of sp³-hybridized carbons (Fsp3) is 0.545. The first-order valence-electron chi connectivity index (χ1n) is 4.87. The Balaban J connectivity index is 2.15. The maximum Gasteiger partial charge on any atom is 0.133 e. The summed E-state index contributed by atoms with van der Waals surface area (Å²) >= 11 is 1.74. The summed E-state index contributed by atoms with van der Waals surface area (Å²) in [5, 5.41) is 2.06. The standard InChI is InChI=1S/C11H16OS/c1-2-3-5-10(12)7-8-11-6-4-9-13-11/h4,6,9H,2-3,5,7-8H2,1H3. The van der Waals surface area contributed by atoms with Gasteiger partial charge < -0.3 is 0 Å². The summed E-state index contributed by atoms with van der Waals surface area (Å²) in [7, 11) is 0. The van der Waals surface area contributed by atoms with Gasteiger partial charge in [0.15, 0.2) is 0 Å². The summed E-state index contributed by atoms with van der Waals surface area (Å²) in [6.45, 7) is 2.12. The Morgan fingerprint density at radius 3 is 2.92 bits per heavy atom. The Kier molecular flexibility index (Phi) is 4.76. The zero-order valence-corrected chi connectivity index (χ0v) is 8.90. The average Bonchev–Trinajstić information content (AvgIpc) is 2.64. The van der Waals surface area contributed by atoms with Gasteiger partial charge in [0.25, 0.3) is 0 Å². The zero-order valence-electron chi connectivity index (χ0n) is 8.08. The van der Waals surface area contributed by atoms with Gasteiger partial charge in [-0.3, -0.25) is 4.79 Å². The smallest absolute Gasteiger partial charge is 0.133 e. The molecule has 0 aliphatic rings. The predicted molar refractivity (Wildman–Crippen MR) is 57.2 cm³/mol. The van der Waals surface area contributed by atoms with E-state index in [1.807, 2.05) is 6.07 Å². The normalized spacial score (nSPS) is 10.2. The fourth-order valence-corrected chi connectivity index (χ4v) is 1.93. The molecule has 0 spiro atoms. The highest BCUT2D eigenvalue weighted by atomic mass is 32.1. The van der Waals surface area contributed by atoms with E-state index in [1.165, 1.54) is 4.88 Å². The monoisotopic (exact) mass is 196 g/mol. The first-order chi connectivity index (χ1) is 6.33. The van der Waals surface area contributed by atoms with E-state index in [1.54, 1.807) is 11.3 Å². The molecule has 0 fully saturated rings. The fourth-order valence-electron chi connectivity index (χ4n) is 1.22. The number of ketones is 1. The lowest BCUT2D eigenvalue weighted by Gasteiger charge is -1.97. The van der Waals surface area contributed by atoms with E-state index >= 15 is 0 Å². The second-order valence-corrected chi connectivity index (χ2v) is 4.25. The lowest BCUT2D eigenvalue weighted by Crippen LogP contribution is -1.98. The zero-order chi connectivity index (χ0) is 9.52. The van der Waals surface area contributed by atoms with Crippen molar-refractivity contribution < 1.29 is 4.79 Å². The van der Waals surface area contributed by atoms with Gasteiger partial charge >= 0.3 is 0 Å². The molecule has 72 valence electrons. The van der Waals surface area contributed by atoms with Gasteiger partial charge in [-0.1, -0.05) is 19.4 Å². The van der Waals surface area contributed by atoms with Crippen molar-refractivity contribution in [2.45, 2.75) is 39.0 Å². The van der Waals surface area contributed by atoms with Crippen molar-refractivity contribution >= 4 is 17.1 Å². The van der Waals surface area contributed by atoms with Crippen LogP contribution >= 0.6 is 11.3 Å². The van der Waals surface area contributed by atoms with Crippen LogP contribution in [-0.4, -0.2) is 5.78 Å². The molecule has 1 nitrogen and oxygen atoms in total. The van der Waals surface area contributed by atoms with E-state index < -0.39 is 0 Å². The van der Waals surface area contributed by atoms with Crippen LogP contribution in [0.1, 0.15) is 37.5 Å². The molecule has 0 aliphatic carbocycles. The molecule has 13 heavy (non-hydrogen) atoms. The summed E-state index contributed by atoms with van der Waals surface area (Å²) in [5.74, 6) is 0.412. The summed E-state index contributed by atoms with van der Waals surface area (Å²) in [6, 6.07) is 4.13. The molecule has 0 aromatic carbocycles. The minimum Gasteiger partial charge on any atom is -0.300 e. The van der Waals surface area contributed by atoms with E-state index in [0.29, 0.717) is 5.78 Å². The quantitative estimate of drug-likeness (QED) is 0.681. The Bertz CT molecular complexity index is 239. The molecule has 1 aromatic rings. The number of unbranched alkanes of at least 4 members (excludes halogenated alkanes) is 1. The third kappa shape index (κ3) is 4.23. The van der Waals surface area contributed by atoms with Gasteiger partial charge in [-0.25, -0.2) is 0 Å². The summed E-state index contributed by atoms with van der Waals surface area (Å²) < 4.78 is 0. The van der Waals surface area contributed by atoms with Crippen LogP contribution in [0.3, 0.4) is 0 Å². The highest BCUT2D eigenvalue weighted by Gasteiger charge is 2.01. The minimum atomic E-state index is 0.412. The highest BCUT2D eigenvalue weighted by molar-refractivity contribution is 7.09. The first kappa shape index (κ1) is 10.5. The minimum absolute atomic E-state index is 0.412. The van der Waals surface area contributed by atoms with Crippen molar-refractivity contribution in [3.8, 4) is 0 Å². The molecule has 0 amide bonds. The number of Topliss-reactive ketones (excluding diaryl/α,β-unsaturated/α-hetero) is 1. The average molecular weight is 196 g/mol. The van der Waals surface area contributed by atoms with E-state index in [4.69, 9.17) is 0 Å². The van der Waals surface area contributed by atoms with Crippen LogP contribution in [0, 0.1) is 0 Å². The van der Waals surface area contributed by atoms with Crippen LogP contribution in [0.15, 0.2) is 17.5 Å². The van der Waals surface area contributed by atoms with Crippen LogP contribution in [0.4, 0.5) is 0 Å². The van der Waals surface area contributed by atoms with Crippen LogP contribution < -0.4 is 0 Å². The third-order valence-corrected chi connectivity index (χ3v) is 2.98. The maximum absolute atomic E-state index is 11.3. The van der Waals surface area contributed by atoms with E-state index in [-0.39, 0.29) is 0 Å². The van der Waals surface area contributed by atoms with Crippen molar-refractivity contribution in [2.24, 2.45) is 0 Å². The summed E-state index contributed by atoms with van der Waals surface area (Å²) in [4.78, 5) is 12.6. The Hall–Kier alpha value is -0.630. The summed E-state index contributed by atoms with van der Waals surface area (Å²) in [6.07, 6.45) is 4.58. The van der Waals surface area contributed by atoms with Gasteiger partial charge in [-0.05, 0) is 24.3 Å². The van der Waals surface area contributed by atoms with Crippen molar-refractivity contribution in [2.75, 3.05) is 0 Å². The van der Waals surface area contributed by atoms with Crippen LogP contribution in [0.25, 0.3) is 0 Å². The van der Waals surface area contributed by atoms with Crippen molar-refractivity contribution in [3.63, 3.8) is 0 Å². The number of aryl methyl sites for hydroxylation is 1. The van der Waals surface area contributed by atoms with Gasteiger partial charge in [0, 0.05) is 17.7 Å². The maximum atomic E-state index is 11.3. The predicted octanol–water partition coefficient (Wildman–Crippen LogP) is 3.44. The second kappa shape index (κ2) is 5.92. The third-order valence-electron chi connectivity index (χ3n) is 2.04. The topological polar surface area (TPSA) is 17.1 Å². The Morgan fingerprint density at radius 1 is 1.46 bits per heavy atom. The molecule has 0 aliphatic heterocycles. The number of carbonyl (C=O) groups is 1. The SMILES string of the molecule is CCCCC(=O)CCc1cccs1. The molecule has 1 heterocycles. The van der Waals surface area contributed by atoms with Gasteiger partial charge in [0.2, 0.25) is 0 Å². The molecule has 1 aromatic heterocycles. The molecule has 0 unspecified atom stereocenters. The number of thiophene rings is 1. The van der Waals surface area contributed by atoms with Gasteiger partial charge in [-0.2, -0.15) is 0 Å². The van der Waals surface area contributed by atoms with E-state index in [9.17, 15) is 4.79 Å². The molecule has 0 bridgehead atoms. The number of hydrogen-bond acceptors (Lipinski definition) is 2. The Labute approximate surface area is 83.8 Å². The molecular weight excluding hydrogens is 180 g/mol. The molecule has 0 N–H and O–H groups in total. The molecule has 2 heteroatoms. The van der Waals surface area contributed by atoms with Gasteiger partial charge in [-0.15, -0.1) is 11.3 Å². The largest absolute Gasteiger partial charge is 0.300 e. The van der Waals surface area contributed by atoms with Crippen LogP contribution in [-0.2, 0) is 11.2 Å².